The second kappa shape index (κ2) is 9.70. The molecule has 9 heteroatoms. The van der Waals surface area contributed by atoms with E-state index in [0.29, 0.717) is 5.56 Å². The summed E-state index contributed by atoms with van der Waals surface area (Å²) in [6.07, 6.45) is 5.38. The molecule has 0 unspecified atom stereocenters. The largest absolute Gasteiger partial charge is 0.353 e. The zero-order valence-corrected chi connectivity index (χ0v) is 16.6. The number of nitriles is 1. The smallest absolute Gasteiger partial charge is 0.146 e. The number of anilines is 2. The highest BCUT2D eigenvalue weighted by molar-refractivity contribution is 5.85. The van der Waals surface area contributed by atoms with Gasteiger partial charge in [0.15, 0.2) is 0 Å². The maximum Gasteiger partial charge on any atom is 0.146 e. The van der Waals surface area contributed by atoms with Crippen molar-refractivity contribution in [2.75, 3.05) is 49.1 Å². The highest BCUT2D eigenvalue weighted by atomic mass is 35.5. The molecule has 1 N–H and O–H groups in total. The van der Waals surface area contributed by atoms with Crippen molar-refractivity contribution in [3.8, 4) is 6.07 Å². The second-order valence-corrected chi connectivity index (χ2v) is 6.33. The minimum atomic E-state index is 0. The van der Waals surface area contributed by atoms with E-state index in [4.69, 9.17) is 0 Å². The highest BCUT2D eigenvalue weighted by Crippen LogP contribution is 2.25. The molecule has 27 heavy (non-hydrogen) atoms. The van der Waals surface area contributed by atoms with E-state index in [0.717, 1.165) is 63.7 Å². The zero-order valence-electron chi connectivity index (χ0n) is 15.0. The van der Waals surface area contributed by atoms with E-state index < -0.39 is 0 Å². The fourth-order valence-corrected chi connectivity index (χ4v) is 3.59. The van der Waals surface area contributed by atoms with Crippen LogP contribution in [0, 0.1) is 11.3 Å². The minimum Gasteiger partial charge on any atom is -0.353 e. The van der Waals surface area contributed by atoms with Gasteiger partial charge in [0.1, 0.15) is 24.0 Å². The Morgan fingerprint density at radius 3 is 2.37 bits per heavy atom. The van der Waals surface area contributed by atoms with Crippen molar-refractivity contribution in [3.05, 3.63) is 41.5 Å². The minimum absolute atomic E-state index is 0. The SMILES string of the molecule is Cl.Cl.N#Cc1cccnc1N1CCN(c2ncnc3c2CCNCC3)CC1. The standard InChI is InChI=1S/C18H21N7.2ClH/c19-12-14-2-1-5-21-17(14)24-8-10-25(11-9-24)18-15-3-6-20-7-4-16(15)22-13-23-18;;/h1-2,5,13,20H,3-4,6-11H2;2*1H. The predicted octanol–water partition coefficient (Wildman–Crippen LogP) is 1.60. The van der Waals surface area contributed by atoms with Gasteiger partial charge in [-0.15, -0.1) is 24.8 Å². The van der Waals surface area contributed by atoms with Gasteiger partial charge in [0.2, 0.25) is 0 Å². The highest BCUT2D eigenvalue weighted by Gasteiger charge is 2.24. The average Bonchev–Trinajstić information content (AvgIpc) is 2.93. The monoisotopic (exact) mass is 407 g/mol. The summed E-state index contributed by atoms with van der Waals surface area (Å²) in [5.74, 6) is 1.87. The van der Waals surface area contributed by atoms with E-state index in [9.17, 15) is 5.26 Å². The normalized spacial score (nSPS) is 16.3. The molecule has 0 atom stereocenters. The number of fused-ring (bicyclic) bond motifs is 1. The van der Waals surface area contributed by atoms with Gasteiger partial charge in [-0.1, -0.05) is 0 Å². The van der Waals surface area contributed by atoms with Crippen LogP contribution in [0.3, 0.4) is 0 Å². The lowest BCUT2D eigenvalue weighted by Gasteiger charge is -2.37. The molecule has 2 aliphatic rings. The molecule has 2 aliphatic heterocycles. The molecule has 0 radical (unpaired) electrons. The molecule has 2 aromatic heterocycles. The molecule has 2 aromatic rings. The van der Waals surface area contributed by atoms with Crippen LogP contribution in [0.5, 0.6) is 0 Å². The lowest BCUT2D eigenvalue weighted by atomic mass is 10.1. The van der Waals surface area contributed by atoms with Crippen LogP contribution >= 0.6 is 24.8 Å². The van der Waals surface area contributed by atoms with E-state index >= 15 is 0 Å². The van der Waals surface area contributed by atoms with Crippen molar-refractivity contribution < 1.29 is 0 Å². The van der Waals surface area contributed by atoms with Crippen LogP contribution in [-0.2, 0) is 12.8 Å². The van der Waals surface area contributed by atoms with E-state index in [1.54, 1.807) is 12.5 Å². The predicted molar refractivity (Wildman–Crippen MR) is 110 cm³/mol. The van der Waals surface area contributed by atoms with Gasteiger partial charge in [0.05, 0.1) is 11.3 Å². The number of piperazine rings is 1. The van der Waals surface area contributed by atoms with E-state index in [1.807, 2.05) is 12.1 Å². The van der Waals surface area contributed by atoms with Crippen molar-refractivity contribution in [1.82, 2.24) is 20.3 Å². The van der Waals surface area contributed by atoms with Gasteiger partial charge in [0, 0.05) is 50.9 Å². The third-order valence-electron chi connectivity index (χ3n) is 4.89. The van der Waals surface area contributed by atoms with Gasteiger partial charge in [-0.25, -0.2) is 15.0 Å². The number of hydrogen-bond donors (Lipinski definition) is 1. The van der Waals surface area contributed by atoms with Gasteiger partial charge >= 0.3 is 0 Å². The van der Waals surface area contributed by atoms with Crippen molar-refractivity contribution in [1.29, 1.82) is 5.26 Å². The maximum absolute atomic E-state index is 9.29. The van der Waals surface area contributed by atoms with Gasteiger partial charge in [-0.3, -0.25) is 0 Å². The fraction of sp³-hybridized carbons (Fsp3) is 0.444. The number of rotatable bonds is 2. The van der Waals surface area contributed by atoms with E-state index in [2.05, 4.69) is 36.1 Å². The first-order valence-electron chi connectivity index (χ1n) is 8.75. The number of aromatic nitrogens is 3. The second-order valence-electron chi connectivity index (χ2n) is 6.33. The average molecular weight is 408 g/mol. The summed E-state index contributed by atoms with van der Waals surface area (Å²) in [6, 6.07) is 5.87. The number of hydrogen-bond acceptors (Lipinski definition) is 7. The van der Waals surface area contributed by atoms with Gasteiger partial charge in [0.25, 0.3) is 0 Å². The summed E-state index contributed by atoms with van der Waals surface area (Å²) in [5, 5.41) is 12.7. The summed E-state index contributed by atoms with van der Waals surface area (Å²) in [6.45, 7) is 5.38. The number of halogens is 2. The molecule has 0 aliphatic carbocycles. The number of nitrogens with zero attached hydrogens (tertiary/aromatic N) is 6. The molecule has 144 valence electrons. The molecule has 1 saturated heterocycles. The Kier molecular flexibility index (Phi) is 7.60. The lowest BCUT2D eigenvalue weighted by Crippen LogP contribution is -2.47. The molecule has 4 heterocycles. The Balaban J connectivity index is 0.00000131. The zero-order chi connectivity index (χ0) is 17.1. The summed E-state index contributed by atoms with van der Waals surface area (Å²) in [4.78, 5) is 18.0. The van der Waals surface area contributed by atoms with Crippen LogP contribution in [0.2, 0.25) is 0 Å². The Morgan fingerprint density at radius 1 is 0.926 bits per heavy atom. The van der Waals surface area contributed by atoms with Crippen molar-refractivity contribution in [2.24, 2.45) is 0 Å². The maximum atomic E-state index is 9.29. The molecular weight excluding hydrogens is 385 g/mol. The molecular formula is C18H23Cl2N7. The summed E-state index contributed by atoms with van der Waals surface area (Å²) >= 11 is 0. The number of nitrogens with one attached hydrogen (secondary N) is 1. The summed E-state index contributed by atoms with van der Waals surface area (Å²) < 4.78 is 0. The lowest BCUT2D eigenvalue weighted by molar-refractivity contribution is 0.636. The van der Waals surface area contributed by atoms with Crippen molar-refractivity contribution in [2.45, 2.75) is 12.8 Å². The van der Waals surface area contributed by atoms with Crippen LogP contribution in [0.25, 0.3) is 0 Å². The third-order valence-corrected chi connectivity index (χ3v) is 4.89. The van der Waals surface area contributed by atoms with E-state index in [-0.39, 0.29) is 24.8 Å². The fourth-order valence-electron chi connectivity index (χ4n) is 3.59. The Labute approximate surface area is 171 Å². The molecule has 1 fully saturated rings. The van der Waals surface area contributed by atoms with Crippen LogP contribution in [0.1, 0.15) is 16.8 Å². The first kappa shape index (κ1) is 21.2. The van der Waals surface area contributed by atoms with Crippen molar-refractivity contribution >= 4 is 36.4 Å². The summed E-state index contributed by atoms with van der Waals surface area (Å²) in [5.41, 5.74) is 3.10. The Hall–Kier alpha value is -2.14. The van der Waals surface area contributed by atoms with Crippen LogP contribution in [-0.4, -0.2) is 54.2 Å². The third kappa shape index (κ3) is 4.41. The van der Waals surface area contributed by atoms with Crippen LogP contribution in [0.15, 0.2) is 24.7 Å². The molecule has 0 amide bonds. The quantitative estimate of drug-likeness (QED) is 0.809. The first-order chi connectivity index (χ1) is 12.4. The van der Waals surface area contributed by atoms with Gasteiger partial charge in [-0.2, -0.15) is 5.26 Å². The van der Waals surface area contributed by atoms with Gasteiger partial charge < -0.3 is 15.1 Å². The Bertz CT molecular complexity index is 801. The van der Waals surface area contributed by atoms with Gasteiger partial charge in [-0.05, 0) is 25.1 Å². The van der Waals surface area contributed by atoms with Crippen LogP contribution in [0.4, 0.5) is 11.6 Å². The number of pyridine rings is 1. The van der Waals surface area contributed by atoms with Crippen LogP contribution < -0.4 is 15.1 Å². The topological polar surface area (TPSA) is 81.0 Å². The summed E-state index contributed by atoms with van der Waals surface area (Å²) in [7, 11) is 0. The Morgan fingerprint density at radius 2 is 1.63 bits per heavy atom. The van der Waals surface area contributed by atoms with Crippen molar-refractivity contribution in [3.63, 3.8) is 0 Å². The molecule has 7 nitrogen and oxygen atoms in total. The molecule has 0 bridgehead atoms. The van der Waals surface area contributed by atoms with E-state index in [1.165, 1.54) is 11.3 Å². The molecule has 4 rings (SSSR count). The molecule has 0 aromatic carbocycles. The molecule has 0 spiro atoms. The molecule has 0 saturated carbocycles. The first-order valence-corrected chi connectivity index (χ1v) is 8.75.